The zero-order valence-corrected chi connectivity index (χ0v) is 15.4. The van der Waals surface area contributed by atoms with E-state index in [9.17, 15) is 14.0 Å². The van der Waals surface area contributed by atoms with Gasteiger partial charge in [-0.15, -0.1) is 0 Å². The molecule has 1 atom stereocenters. The summed E-state index contributed by atoms with van der Waals surface area (Å²) < 4.78 is 13.1. The first-order valence-electron chi connectivity index (χ1n) is 9.15. The number of benzene rings is 3. The molecule has 0 radical (unpaired) electrons. The standard InChI is InChI=1S/C23H18FN3O2/c24-15-11-9-14(10-12-15)13-20(22(25)28)27-23(29)21-16-5-1-3-7-18(16)26-19-8-4-2-6-17(19)21/h1-12,20H,13H2,(H2,25,28)(H,27,29)/t20-/m0/s1. The van der Waals surface area contributed by atoms with Gasteiger partial charge in [0.1, 0.15) is 11.9 Å². The number of pyridine rings is 1. The van der Waals surface area contributed by atoms with Crippen molar-refractivity contribution < 1.29 is 14.0 Å². The molecular formula is C23H18FN3O2. The van der Waals surface area contributed by atoms with Crippen molar-refractivity contribution in [1.29, 1.82) is 0 Å². The van der Waals surface area contributed by atoms with Gasteiger partial charge in [0.05, 0.1) is 16.6 Å². The summed E-state index contributed by atoms with van der Waals surface area (Å²) in [6, 6.07) is 19.5. The van der Waals surface area contributed by atoms with Crippen LogP contribution in [0.1, 0.15) is 15.9 Å². The number of nitrogens with zero attached hydrogens (tertiary/aromatic N) is 1. The lowest BCUT2D eigenvalue weighted by molar-refractivity contribution is -0.119. The summed E-state index contributed by atoms with van der Waals surface area (Å²) in [6.45, 7) is 0. The number of carbonyl (C=O) groups is 2. The van der Waals surface area contributed by atoms with Crippen molar-refractivity contribution >= 4 is 33.6 Å². The average molecular weight is 387 g/mol. The van der Waals surface area contributed by atoms with E-state index < -0.39 is 17.9 Å². The van der Waals surface area contributed by atoms with Crippen LogP contribution in [0.25, 0.3) is 21.8 Å². The number of primary amides is 1. The Morgan fingerprint density at radius 1 is 0.897 bits per heavy atom. The van der Waals surface area contributed by atoms with Gasteiger partial charge in [-0.1, -0.05) is 48.5 Å². The number of nitrogens with two attached hydrogens (primary N) is 1. The molecule has 3 aromatic carbocycles. The molecule has 144 valence electrons. The highest BCUT2D eigenvalue weighted by atomic mass is 19.1. The fourth-order valence-corrected chi connectivity index (χ4v) is 3.39. The van der Waals surface area contributed by atoms with Crippen LogP contribution in [-0.2, 0) is 11.2 Å². The zero-order valence-electron chi connectivity index (χ0n) is 15.4. The number of rotatable bonds is 5. The molecular weight excluding hydrogens is 369 g/mol. The van der Waals surface area contributed by atoms with Gasteiger partial charge in [-0.05, 0) is 29.8 Å². The molecule has 1 heterocycles. The van der Waals surface area contributed by atoms with Crippen molar-refractivity contribution in [2.45, 2.75) is 12.5 Å². The number of halogens is 1. The van der Waals surface area contributed by atoms with E-state index in [1.54, 1.807) is 12.1 Å². The highest BCUT2D eigenvalue weighted by Gasteiger charge is 2.22. The topological polar surface area (TPSA) is 85.1 Å². The molecule has 0 aliphatic carbocycles. The maximum atomic E-state index is 13.2. The average Bonchev–Trinajstić information content (AvgIpc) is 2.72. The number of aromatic nitrogens is 1. The molecule has 1 aromatic heterocycles. The van der Waals surface area contributed by atoms with E-state index in [-0.39, 0.29) is 12.2 Å². The van der Waals surface area contributed by atoms with Crippen LogP contribution in [0.4, 0.5) is 4.39 Å². The Morgan fingerprint density at radius 2 is 1.45 bits per heavy atom. The van der Waals surface area contributed by atoms with Crippen LogP contribution in [0.5, 0.6) is 0 Å². The summed E-state index contributed by atoms with van der Waals surface area (Å²) in [5.74, 6) is -1.45. The summed E-state index contributed by atoms with van der Waals surface area (Å²) in [5.41, 5.74) is 8.03. The fourth-order valence-electron chi connectivity index (χ4n) is 3.39. The van der Waals surface area contributed by atoms with Gasteiger partial charge >= 0.3 is 0 Å². The van der Waals surface area contributed by atoms with Crippen LogP contribution in [0, 0.1) is 5.82 Å². The Labute approximate surface area is 166 Å². The third-order valence-corrected chi connectivity index (χ3v) is 4.82. The first kappa shape index (κ1) is 18.6. The first-order valence-corrected chi connectivity index (χ1v) is 9.15. The van der Waals surface area contributed by atoms with Gasteiger partial charge in [-0.25, -0.2) is 9.37 Å². The monoisotopic (exact) mass is 387 g/mol. The minimum absolute atomic E-state index is 0.169. The smallest absolute Gasteiger partial charge is 0.253 e. The fraction of sp³-hybridized carbons (Fsp3) is 0.0870. The van der Waals surface area contributed by atoms with Crippen molar-refractivity contribution in [2.24, 2.45) is 5.73 Å². The maximum Gasteiger partial charge on any atom is 0.253 e. The van der Waals surface area contributed by atoms with Crippen LogP contribution in [-0.4, -0.2) is 22.8 Å². The lowest BCUT2D eigenvalue weighted by Crippen LogP contribution is -2.46. The summed E-state index contributed by atoms with van der Waals surface area (Å²) in [6.07, 6.45) is 0.169. The van der Waals surface area contributed by atoms with Gasteiger partial charge < -0.3 is 11.1 Å². The van der Waals surface area contributed by atoms with Gasteiger partial charge in [0.15, 0.2) is 0 Å². The van der Waals surface area contributed by atoms with Gasteiger partial charge in [0.25, 0.3) is 5.91 Å². The highest BCUT2D eigenvalue weighted by molar-refractivity contribution is 6.16. The third kappa shape index (κ3) is 3.78. The normalized spacial score (nSPS) is 12.0. The third-order valence-electron chi connectivity index (χ3n) is 4.82. The Bertz CT molecular complexity index is 1170. The predicted octanol–water partition coefficient (Wildman–Crippen LogP) is 3.35. The van der Waals surface area contributed by atoms with Crippen molar-refractivity contribution in [3.05, 3.63) is 89.7 Å². The Hall–Kier alpha value is -3.80. The number of nitrogens with one attached hydrogen (secondary N) is 1. The van der Waals surface area contributed by atoms with Crippen LogP contribution >= 0.6 is 0 Å². The molecule has 6 heteroatoms. The van der Waals surface area contributed by atoms with E-state index in [0.717, 1.165) is 0 Å². The van der Waals surface area contributed by atoms with E-state index in [1.807, 2.05) is 48.5 Å². The first-order chi connectivity index (χ1) is 14.0. The summed E-state index contributed by atoms with van der Waals surface area (Å²) in [4.78, 5) is 29.8. The Balaban J connectivity index is 1.73. The van der Waals surface area contributed by atoms with Crippen LogP contribution in [0.15, 0.2) is 72.8 Å². The summed E-state index contributed by atoms with van der Waals surface area (Å²) in [5, 5.41) is 4.12. The zero-order chi connectivity index (χ0) is 20.4. The van der Waals surface area contributed by atoms with Crippen LogP contribution < -0.4 is 11.1 Å². The number of carbonyl (C=O) groups excluding carboxylic acids is 2. The van der Waals surface area contributed by atoms with E-state index in [2.05, 4.69) is 10.3 Å². The predicted molar refractivity (Wildman–Crippen MR) is 110 cm³/mol. The lowest BCUT2D eigenvalue weighted by atomic mass is 10.0. The number of amides is 2. The molecule has 0 bridgehead atoms. The number of hydrogen-bond donors (Lipinski definition) is 2. The Kier molecular flexibility index (Phi) is 4.91. The van der Waals surface area contributed by atoms with Crippen molar-refractivity contribution in [3.8, 4) is 0 Å². The van der Waals surface area contributed by atoms with Crippen molar-refractivity contribution in [2.75, 3.05) is 0 Å². The Morgan fingerprint density at radius 3 is 2.00 bits per heavy atom. The molecule has 2 amide bonds. The van der Waals surface area contributed by atoms with Crippen molar-refractivity contribution in [3.63, 3.8) is 0 Å². The quantitative estimate of drug-likeness (QED) is 0.515. The van der Waals surface area contributed by atoms with E-state index in [1.165, 1.54) is 12.1 Å². The molecule has 3 N–H and O–H groups in total. The van der Waals surface area contributed by atoms with Crippen molar-refractivity contribution in [1.82, 2.24) is 10.3 Å². The van der Waals surface area contributed by atoms with E-state index in [4.69, 9.17) is 5.73 Å². The van der Waals surface area contributed by atoms with E-state index in [0.29, 0.717) is 32.9 Å². The number of para-hydroxylation sites is 2. The van der Waals surface area contributed by atoms with E-state index >= 15 is 0 Å². The van der Waals surface area contributed by atoms with Crippen LogP contribution in [0.3, 0.4) is 0 Å². The van der Waals surface area contributed by atoms with Gasteiger partial charge in [0, 0.05) is 17.2 Å². The molecule has 5 nitrogen and oxygen atoms in total. The molecule has 0 aliphatic rings. The van der Waals surface area contributed by atoms with Gasteiger partial charge in [-0.3, -0.25) is 9.59 Å². The lowest BCUT2D eigenvalue weighted by Gasteiger charge is -2.17. The summed E-state index contributed by atoms with van der Waals surface area (Å²) >= 11 is 0. The summed E-state index contributed by atoms with van der Waals surface area (Å²) in [7, 11) is 0. The molecule has 4 rings (SSSR count). The molecule has 0 saturated carbocycles. The second kappa shape index (κ2) is 7.67. The molecule has 29 heavy (non-hydrogen) atoms. The highest BCUT2D eigenvalue weighted by Crippen LogP contribution is 2.26. The molecule has 0 fully saturated rings. The van der Waals surface area contributed by atoms with Crippen LogP contribution in [0.2, 0.25) is 0 Å². The molecule has 0 unspecified atom stereocenters. The molecule has 0 aliphatic heterocycles. The maximum absolute atomic E-state index is 13.2. The molecule has 0 spiro atoms. The minimum Gasteiger partial charge on any atom is -0.368 e. The number of fused-ring (bicyclic) bond motifs is 2. The van der Waals surface area contributed by atoms with Gasteiger partial charge in [-0.2, -0.15) is 0 Å². The SMILES string of the molecule is NC(=O)[C@H](Cc1ccc(F)cc1)NC(=O)c1c2ccccc2nc2ccccc12. The minimum atomic E-state index is -0.932. The second-order valence-corrected chi connectivity index (χ2v) is 6.78. The molecule has 4 aromatic rings. The van der Waals surface area contributed by atoms with Gasteiger partial charge in [0.2, 0.25) is 5.91 Å². The second-order valence-electron chi connectivity index (χ2n) is 6.78. The molecule has 0 saturated heterocycles. The number of hydrogen-bond acceptors (Lipinski definition) is 3. The largest absolute Gasteiger partial charge is 0.368 e.